The van der Waals surface area contributed by atoms with Crippen LogP contribution in [0, 0.1) is 0 Å². The Morgan fingerprint density at radius 3 is 2.17 bits per heavy atom. The summed E-state index contributed by atoms with van der Waals surface area (Å²) >= 11 is 0. The van der Waals surface area contributed by atoms with Gasteiger partial charge in [0.1, 0.15) is 11.3 Å². The minimum atomic E-state index is -4.80. The highest BCUT2D eigenvalue weighted by molar-refractivity contribution is 5.98. The quantitative estimate of drug-likeness (QED) is 0.813. The predicted octanol–water partition coefficient (Wildman–Crippen LogP) is 3.05. The molecule has 0 fully saturated rings. The van der Waals surface area contributed by atoms with E-state index in [9.17, 15) is 22.8 Å². The highest BCUT2D eigenvalue weighted by Crippen LogP contribution is 2.23. The minimum absolute atomic E-state index is 0.103. The van der Waals surface area contributed by atoms with Crippen LogP contribution >= 0.6 is 0 Å². The number of hydrogen-bond acceptors (Lipinski definition) is 4. The summed E-state index contributed by atoms with van der Waals surface area (Å²) in [5, 5.41) is 2.55. The molecule has 0 radical (unpaired) electrons. The lowest BCUT2D eigenvalue weighted by atomic mass is 9.95. The molecule has 0 heterocycles. The molecule has 1 amide bonds. The van der Waals surface area contributed by atoms with Crippen molar-refractivity contribution in [3.05, 3.63) is 29.8 Å². The van der Waals surface area contributed by atoms with Gasteiger partial charge in [-0.05, 0) is 37.6 Å². The molecule has 1 aromatic carbocycles. The number of alkyl halides is 3. The lowest BCUT2D eigenvalue weighted by molar-refractivity contribution is -0.274. The van der Waals surface area contributed by atoms with Gasteiger partial charge in [-0.1, -0.05) is 13.3 Å². The predicted molar refractivity (Wildman–Crippen MR) is 75.9 cm³/mol. The smallest absolute Gasteiger partial charge is 0.467 e. The number of rotatable bonds is 6. The molecule has 0 bridgehead atoms. The van der Waals surface area contributed by atoms with E-state index in [-0.39, 0.29) is 5.56 Å². The third-order valence-electron chi connectivity index (χ3n) is 3.13. The van der Waals surface area contributed by atoms with Crippen LogP contribution in [0.15, 0.2) is 24.3 Å². The Balaban J connectivity index is 2.86. The summed E-state index contributed by atoms with van der Waals surface area (Å²) in [6.07, 6.45) is -3.81. The van der Waals surface area contributed by atoms with Gasteiger partial charge in [0.15, 0.2) is 0 Å². The van der Waals surface area contributed by atoms with Gasteiger partial charge in [0.05, 0.1) is 7.11 Å². The van der Waals surface area contributed by atoms with Crippen molar-refractivity contribution in [1.29, 1.82) is 0 Å². The van der Waals surface area contributed by atoms with Gasteiger partial charge >= 0.3 is 12.3 Å². The number of esters is 1. The maximum atomic E-state index is 12.2. The fourth-order valence-electron chi connectivity index (χ4n) is 2.07. The topological polar surface area (TPSA) is 64.6 Å². The van der Waals surface area contributed by atoms with Gasteiger partial charge in [-0.15, -0.1) is 13.2 Å². The second-order valence-corrected chi connectivity index (χ2v) is 5.10. The number of amides is 1. The maximum absolute atomic E-state index is 12.2. The number of halogens is 3. The fraction of sp³-hybridized carbons (Fsp3) is 0.467. The van der Waals surface area contributed by atoms with Gasteiger partial charge < -0.3 is 14.8 Å². The summed E-state index contributed by atoms with van der Waals surface area (Å²) in [5.74, 6) is -1.62. The van der Waals surface area contributed by atoms with Gasteiger partial charge in [0.2, 0.25) is 0 Å². The van der Waals surface area contributed by atoms with Crippen LogP contribution < -0.4 is 10.1 Å². The van der Waals surface area contributed by atoms with Gasteiger partial charge in [0.25, 0.3) is 5.91 Å². The van der Waals surface area contributed by atoms with Gasteiger partial charge in [-0.2, -0.15) is 0 Å². The van der Waals surface area contributed by atoms with E-state index in [1.807, 2.05) is 6.92 Å². The molecule has 0 saturated heterocycles. The van der Waals surface area contributed by atoms with E-state index in [2.05, 4.69) is 14.8 Å². The molecule has 0 aliphatic rings. The van der Waals surface area contributed by atoms with Crippen molar-refractivity contribution >= 4 is 11.9 Å². The molecule has 128 valence electrons. The lowest BCUT2D eigenvalue weighted by Gasteiger charge is -2.27. The van der Waals surface area contributed by atoms with E-state index in [0.717, 1.165) is 12.1 Å². The SMILES string of the molecule is CCCC(C)(NC(=O)c1ccc(OC(F)(F)F)cc1)C(=O)OC. The molecule has 1 aromatic rings. The van der Waals surface area contributed by atoms with E-state index in [1.165, 1.54) is 26.2 Å². The zero-order valence-electron chi connectivity index (χ0n) is 13.0. The minimum Gasteiger partial charge on any atom is -0.467 e. The van der Waals surface area contributed by atoms with Crippen molar-refractivity contribution < 1.29 is 32.2 Å². The van der Waals surface area contributed by atoms with Crippen LogP contribution in [0.4, 0.5) is 13.2 Å². The number of ether oxygens (including phenoxy) is 2. The van der Waals surface area contributed by atoms with E-state index in [0.29, 0.717) is 12.8 Å². The van der Waals surface area contributed by atoms with Gasteiger partial charge in [-0.3, -0.25) is 4.79 Å². The molecule has 1 rings (SSSR count). The molecule has 0 aromatic heterocycles. The Bertz CT molecular complexity index is 557. The monoisotopic (exact) mass is 333 g/mol. The van der Waals surface area contributed by atoms with Crippen molar-refractivity contribution in [3.63, 3.8) is 0 Å². The third-order valence-corrected chi connectivity index (χ3v) is 3.13. The average Bonchev–Trinajstić information content (AvgIpc) is 2.45. The zero-order valence-corrected chi connectivity index (χ0v) is 13.0. The Labute approximate surface area is 131 Å². The molecular formula is C15H18F3NO4. The van der Waals surface area contributed by atoms with Crippen LogP contribution in [-0.4, -0.2) is 30.9 Å². The van der Waals surface area contributed by atoms with E-state index >= 15 is 0 Å². The van der Waals surface area contributed by atoms with Crippen LogP contribution in [0.2, 0.25) is 0 Å². The third kappa shape index (κ3) is 5.46. The van der Waals surface area contributed by atoms with Crippen molar-refractivity contribution in [1.82, 2.24) is 5.32 Å². The first-order valence-electron chi connectivity index (χ1n) is 6.88. The first kappa shape index (κ1) is 18.8. The molecular weight excluding hydrogens is 315 g/mol. The van der Waals surface area contributed by atoms with Crippen molar-refractivity contribution in [3.8, 4) is 5.75 Å². The standard InChI is InChI=1S/C15H18F3NO4/c1-4-9-14(2,13(21)22-3)19-12(20)10-5-7-11(8-6-10)23-15(16,17)18/h5-8H,4,9H2,1-3H3,(H,19,20). The van der Waals surface area contributed by atoms with E-state index < -0.39 is 29.5 Å². The number of hydrogen-bond donors (Lipinski definition) is 1. The number of carbonyl (C=O) groups is 2. The molecule has 1 N–H and O–H groups in total. The molecule has 0 spiro atoms. The van der Waals surface area contributed by atoms with Crippen LogP contribution in [-0.2, 0) is 9.53 Å². The zero-order chi connectivity index (χ0) is 17.7. The molecule has 8 heteroatoms. The summed E-state index contributed by atoms with van der Waals surface area (Å²) in [7, 11) is 1.21. The highest BCUT2D eigenvalue weighted by atomic mass is 19.4. The summed E-state index contributed by atoms with van der Waals surface area (Å²) in [4.78, 5) is 24.0. The van der Waals surface area contributed by atoms with Crippen LogP contribution in [0.5, 0.6) is 5.75 Å². The normalized spacial score (nSPS) is 13.8. The Kier molecular flexibility index (Phi) is 6.00. The highest BCUT2D eigenvalue weighted by Gasteiger charge is 2.35. The Morgan fingerprint density at radius 2 is 1.74 bits per heavy atom. The Hall–Kier alpha value is -2.25. The second kappa shape index (κ2) is 7.34. The molecule has 5 nitrogen and oxygen atoms in total. The summed E-state index contributed by atoms with van der Waals surface area (Å²) in [5.41, 5.74) is -1.10. The largest absolute Gasteiger partial charge is 0.573 e. The molecule has 0 saturated carbocycles. The van der Waals surface area contributed by atoms with Crippen LogP contribution in [0.1, 0.15) is 37.0 Å². The van der Waals surface area contributed by atoms with Gasteiger partial charge in [0, 0.05) is 5.56 Å². The molecule has 0 aliphatic carbocycles. The summed E-state index contributed by atoms with van der Waals surface area (Å²) in [6, 6.07) is 4.41. The summed E-state index contributed by atoms with van der Waals surface area (Å²) < 4.78 is 44.7. The van der Waals surface area contributed by atoms with Crippen molar-refractivity contribution in [2.45, 2.75) is 38.6 Å². The van der Waals surface area contributed by atoms with Crippen molar-refractivity contribution in [2.24, 2.45) is 0 Å². The molecule has 1 atom stereocenters. The average molecular weight is 333 g/mol. The van der Waals surface area contributed by atoms with E-state index in [1.54, 1.807) is 0 Å². The first-order valence-corrected chi connectivity index (χ1v) is 6.88. The molecule has 23 heavy (non-hydrogen) atoms. The van der Waals surface area contributed by atoms with E-state index in [4.69, 9.17) is 0 Å². The van der Waals surface area contributed by atoms with Crippen LogP contribution in [0.25, 0.3) is 0 Å². The second-order valence-electron chi connectivity index (χ2n) is 5.10. The fourth-order valence-corrected chi connectivity index (χ4v) is 2.07. The number of benzene rings is 1. The number of methoxy groups -OCH3 is 1. The summed E-state index contributed by atoms with van der Waals surface area (Å²) in [6.45, 7) is 3.37. The van der Waals surface area contributed by atoms with Crippen molar-refractivity contribution in [2.75, 3.05) is 7.11 Å². The molecule has 0 aliphatic heterocycles. The lowest BCUT2D eigenvalue weighted by Crippen LogP contribution is -2.52. The first-order chi connectivity index (χ1) is 10.6. The van der Waals surface area contributed by atoms with Gasteiger partial charge in [-0.25, -0.2) is 4.79 Å². The number of nitrogens with one attached hydrogen (secondary N) is 1. The maximum Gasteiger partial charge on any atom is 0.573 e. The molecule has 1 unspecified atom stereocenters. The Morgan fingerprint density at radius 1 is 1.17 bits per heavy atom. The van der Waals surface area contributed by atoms with Crippen LogP contribution in [0.3, 0.4) is 0 Å². The number of carbonyl (C=O) groups excluding carboxylic acids is 2.